The number of aromatic nitrogens is 2. The van der Waals surface area contributed by atoms with Crippen LogP contribution in [0.1, 0.15) is 5.56 Å². The third kappa shape index (κ3) is 2.26. The summed E-state index contributed by atoms with van der Waals surface area (Å²) < 4.78 is 10.9. The van der Waals surface area contributed by atoms with Gasteiger partial charge in [-0.25, -0.2) is 0 Å². The summed E-state index contributed by atoms with van der Waals surface area (Å²) in [6.07, 6.45) is 1.32. The van der Waals surface area contributed by atoms with E-state index < -0.39 is 0 Å². The van der Waals surface area contributed by atoms with Gasteiger partial charge < -0.3 is 9.15 Å². The van der Waals surface area contributed by atoms with Crippen LogP contribution in [0.5, 0.6) is 5.75 Å². The normalized spacial score (nSPS) is 10.4. The van der Waals surface area contributed by atoms with E-state index >= 15 is 0 Å². The van der Waals surface area contributed by atoms with Gasteiger partial charge in [0, 0.05) is 0 Å². The Morgan fingerprint density at radius 2 is 2.06 bits per heavy atom. The van der Waals surface area contributed by atoms with Crippen LogP contribution in [0.25, 0.3) is 10.8 Å². The maximum Gasteiger partial charge on any atom is 0.261 e. The molecule has 0 amide bonds. The molecule has 0 saturated carbocycles. The summed E-state index contributed by atoms with van der Waals surface area (Å²) in [5, 5.41) is 9.50. The fraction of sp³-hybridized carbons (Fsp3) is 0.0769. The Morgan fingerprint density at radius 3 is 2.83 bits per heavy atom. The Kier molecular flexibility index (Phi) is 3.06. The summed E-state index contributed by atoms with van der Waals surface area (Å²) in [5.41, 5.74) is 1.13. The highest BCUT2D eigenvalue weighted by atomic mass is 32.1. The Morgan fingerprint density at radius 1 is 1.17 bits per heavy atom. The minimum atomic E-state index is 0.494. The Bertz CT molecular complexity index is 605. The van der Waals surface area contributed by atoms with Crippen LogP contribution < -0.4 is 4.74 Å². The van der Waals surface area contributed by atoms with Crippen LogP contribution in [0.3, 0.4) is 0 Å². The van der Waals surface area contributed by atoms with Crippen molar-refractivity contribution in [2.24, 2.45) is 0 Å². The molecule has 4 nitrogen and oxygen atoms in total. The summed E-state index contributed by atoms with van der Waals surface area (Å²) in [4.78, 5) is 0.864. The van der Waals surface area contributed by atoms with Crippen molar-refractivity contribution in [3.63, 3.8) is 0 Å². The molecular formula is C13H10N2O2S. The zero-order valence-electron chi connectivity index (χ0n) is 9.45. The quantitative estimate of drug-likeness (QED) is 0.719. The Balaban J connectivity index is 1.76. The minimum absolute atomic E-state index is 0.494. The minimum Gasteiger partial charge on any atom is -0.487 e. The van der Waals surface area contributed by atoms with Gasteiger partial charge in [0.25, 0.3) is 5.89 Å². The van der Waals surface area contributed by atoms with E-state index in [9.17, 15) is 0 Å². The van der Waals surface area contributed by atoms with Crippen LogP contribution in [0.4, 0.5) is 0 Å². The molecule has 0 atom stereocenters. The Hall–Kier alpha value is -2.14. The van der Waals surface area contributed by atoms with E-state index in [4.69, 9.17) is 9.15 Å². The third-order valence-electron chi connectivity index (χ3n) is 2.42. The molecule has 1 aromatic carbocycles. The van der Waals surface area contributed by atoms with Crippen molar-refractivity contribution < 1.29 is 9.15 Å². The maximum atomic E-state index is 5.77. The SMILES string of the molecule is c1ccc(COc2ccsc2-c2nnco2)cc1. The smallest absolute Gasteiger partial charge is 0.261 e. The van der Waals surface area contributed by atoms with Gasteiger partial charge in [0.2, 0.25) is 6.39 Å². The van der Waals surface area contributed by atoms with Gasteiger partial charge in [-0.3, -0.25) is 0 Å². The largest absolute Gasteiger partial charge is 0.487 e. The zero-order chi connectivity index (χ0) is 12.2. The van der Waals surface area contributed by atoms with Crippen molar-refractivity contribution in [3.8, 4) is 16.5 Å². The van der Waals surface area contributed by atoms with E-state index in [-0.39, 0.29) is 0 Å². The molecule has 0 fully saturated rings. The van der Waals surface area contributed by atoms with Crippen molar-refractivity contribution in [3.05, 3.63) is 53.7 Å². The lowest BCUT2D eigenvalue weighted by Crippen LogP contribution is -1.94. The molecule has 2 heterocycles. The summed E-state index contributed by atoms with van der Waals surface area (Å²) in [6.45, 7) is 0.526. The van der Waals surface area contributed by atoms with Crippen molar-refractivity contribution in [1.29, 1.82) is 0 Å². The number of benzene rings is 1. The first kappa shape index (κ1) is 11.0. The second-order valence-corrected chi connectivity index (χ2v) is 4.55. The summed E-state index contributed by atoms with van der Waals surface area (Å²) in [5.74, 6) is 1.26. The van der Waals surface area contributed by atoms with Crippen LogP contribution >= 0.6 is 11.3 Å². The molecule has 18 heavy (non-hydrogen) atoms. The maximum absolute atomic E-state index is 5.77. The van der Waals surface area contributed by atoms with Crippen molar-refractivity contribution in [1.82, 2.24) is 10.2 Å². The van der Waals surface area contributed by atoms with E-state index in [1.807, 2.05) is 41.8 Å². The lowest BCUT2D eigenvalue weighted by atomic mass is 10.2. The predicted molar refractivity (Wildman–Crippen MR) is 68.4 cm³/mol. The van der Waals surface area contributed by atoms with E-state index in [1.165, 1.54) is 17.7 Å². The van der Waals surface area contributed by atoms with Gasteiger partial charge in [-0.15, -0.1) is 21.5 Å². The molecule has 2 aromatic heterocycles. The average Bonchev–Trinajstić information content (AvgIpc) is 3.08. The molecule has 5 heteroatoms. The van der Waals surface area contributed by atoms with Crippen LogP contribution in [0, 0.1) is 0 Å². The standard InChI is InChI=1S/C13H10N2O2S/c1-2-4-10(5-3-1)8-16-11-6-7-18-12(11)13-15-14-9-17-13/h1-7,9H,8H2. The van der Waals surface area contributed by atoms with Crippen molar-refractivity contribution in [2.75, 3.05) is 0 Å². The molecule has 0 N–H and O–H groups in total. The number of rotatable bonds is 4. The van der Waals surface area contributed by atoms with Gasteiger partial charge in [-0.1, -0.05) is 30.3 Å². The molecule has 0 aliphatic heterocycles. The molecule has 0 aliphatic rings. The summed E-state index contributed by atoms with van der Waals surface area (Å²) in [7, 11) is 0. The number of hydrogen-bond donors (Lipinski definition) is 0. The molecule has 0 unspecified atom stereocenters. The number of ether oxygens (including phenoxy) is 1. The van der Waals surface area contributed by atoms with E-state index in [0.717, 1.165) is 16.2 Å². The monoisotopic (exact) mass is 258 g/mol. The Labute approximate surface area is 108 Å². The van der Waals surface area contributed by atoms with Crippen LogP contribution in [0.15, 0.2) is 52.6 Å². The first-order valence-electron chi connectivity index (χ1n) is 5.44. The van der Waals surface area contributed by atoms with E-state index in [0.29, 0.717) is 12.5 Å². The van der Waals surface area contributed by atoms with Gasteiger partial charge in [0.15, 0.2) is 0 Å². The van der Waals surface area contributed by atoms with E-state index in [1.54, 1.807) is 0 Å². The highest BCUT2D eigenvalue weighted by Crippen LogP contribution is 2.34. The van der Waals surface area contributed by atoms with Gasteiger partial charge in [0.05, 0.1) is 0 Å². The number of hydrogen-bond acceptors (Lipinski definition) is 5. The molecule has 3 rings (SSSR count). The van der Waals surface area contributed by atoms with Crippen LogP contribution in [-0.2, 0) is 6.61 Å². The zero-order valence-corrected chi connectivity index (χ0v) is 10.3. The first-order valence-corrected chi connectivity index (χ1v) is 6.32. The van der Waals surface area contributed by atoms with Gasteiger partial charge in [0.1, 0.15) is 17.2 Å². The van der Waals surface area contributed by atoms with Gasteiger partial charge in [-0.05, 0) is 17.0 Å². The fourth-order valence-corrected chi connectivity index (χ4v) is 2.34. The predicted octanol–water partition coefficient (Wildman–Crippen LogP) is 3.38. The molecule has 0 radical (unpaired) electrons. The van der Waals surface area contributed by atoms with Crippen molar-refractivity contribution in [2.45, 2.75) is 6.61 Å². The fourth-order valence-electron chi connectivity index (χ4n) is 1.57. The molecule has 90 valence electrons. The highest BCUT2D eigenvalue weighted by Gasteiger charge is 2.12. The highest BCUT2D eigenvalue weighted by molar-refractivity contribution is 7.13. The average molecular weight is 258 g/mol. The first-order chi connectivity index (χ1) is 8.93. The molecule has 0 spiro atoms. The molecule has 0 saturated heterocycles. The molecule has 3 aromatic rings. The number of thiophene rings is 1. The lowest BCUT2D eigenvalue weighted by Gasteiger charge is -2.05. The number of nitrogens with zero attached hydrogens (tertiary/aromatic N) is 2. The lowest BCUT2D eigenvalue weighted by molar-refractivity contribution is 0.308. The second kappa shape index (κ2) is 5.01. The summed E-state index contributed by atoms with van der Waals surface area (Å²) in [6, 6.07) is 11.9. The van der Waals surface area contributed by atoms with E-state index in [2.05, 4.69) is 10.2 Å². The van der Waals surface area contributed by atoms with Gasteiger partial charge in [-0.2, -0.15) is 0 Å². The van der Waals surface area contributed by atoms with Crippen molar-refractivity contribution >= 4 is 11.3 Å². The van der Waals surface area contributed by atoms with Gasteiger partial charge >= 0.3 is 0 Å². The topological polar surface area (TPSA) is 48.2 Å². The summed E-state index contributed by atoms with van der Waals surface area (Å²) >= 11 is 1.52. The van der Waals surface area contributed by atoms with Crippen LogP contribution in [0.2, 0.25) is 0 Å². The molecular weight excluding hydrogens is 248 g/mol. The molecule has 0 aliphatic carbocycles. The van der Waals surface area contributed by atoms with Crippen LogP contribution in [-0.4, -0.2) is 10.2 Å². The molecule has 0 bridgehead atoms. The third-order valence-corrected chi connectivity index (χ3v) is 3.30. The second-order valence-electron chi connectivity index (χ2n) is 3.63.